The van der Waals surface area contributed by atoms with Crippen LogP contribution < -0.4 is 0 Å². The molecule has 0 aromatic rings. The third-order valence-corrected chi connectivity index (χ3v) is 6.35. The van der Waals surface area contributed by atoms with Gasteiger partial charge in [-0.1, -0.05) is 39.3 Å². The van der Waals surface area contributed by atoms with E-state index in [1.165, 1.54) is 5.70 Å². The second kappa shape index (κ2) is 3.83. The average molecular weight is 240 g/mol. The van der Waals surface area contributed by atoms with Crippen LogP contribution in [0.4, 0.5) is 0 Å². The van der Waals surface area contributed by atoms with Crippen molar-refractivity contribution in [2.24, 2.45) is 0 Å². The lowest BCUT2D eigenvalue weighted by molar-refractivity contribution is 0.597. The molecule has 0 fully saturated rings. The Balaban J connectivity index is 2.90. The second-order valence-corrected chi connectivity index (χ2v) is 15.9. The lowest BCUT2D eigenvalue weighted by Gasteiger charge is -2.41. The Kier molecular flexibility index (Phi) is 3.21. The highest BCUT2D eigenvalue weighted by Crippen LogP contribution is 2.24. The molecule has 0 N–H and O–H groups in total. The summed E-state index contributed by atoms with van der Waals surface area (Å²) in [4.78, 5) is 0. The van der Waals surface area contributed by atoms with E-state index in [1.807, 2.05) is 0 Å². The fourth-order valence-electron chi connectivity index (χ4n) is 1.73. The van der Waals surface area contributed by atoms with Crippen LogP contribution in [0.25, 0.3) is 0 Å². The van der Waals surface area contributed by atoms with Gasteiger partial charge in [-0.05, 0) is 6.92 Å². The summed E-state index contributed by atoms with van der Waals surface area (Å²) in [7, 11) is -2.47. The van der Waals surface area contributed by atoms with Crippen molar-refractivity contribution in [2.75, 3.05) is 0 Å². The molecule has 0 saturated carbocycles. The van der Waals surface area contributed by atoms with Gasteiger partial charge in [0.1, 0.15) is 0 Å². The molecule has 0 atom stereocenters. The summed E-state index contributed by atoms with van der Waals surface area (Å²) >= 11 is 0. The molecule has 15 heavy (non-hydrogen) atoms. The highest BCUT2D eigenvalue weighted by atomic mass is 28.3. The minimum Gasteiger partial charge on any atom is -0.379 e. The number of rotatable bonds is 2. The van der Waals surface area contributed by atoms with Crippen LogP contribution in [-0.4, -0.2) is 25.6 Å². The van der Waals surface area contributed by atoms with Crippen LogP contribution in [0, 0.1) is 0 Å². The Morgan fingerprint density at radius 2 is 1.40 bits per heavy atom. The number of hydrogen-bond donors (Lipinski definition) is 0. The van der Waals surface area contributed by atoms with Gasteiger partial charge in [0.2, 0.25) is 0 Å². The summed E-state index contributed by atoms with van der Waals surface area (Å²) in [6.45, 7) is 16.4. The van der Waals surface area contributed by atoms with Gasteiger partial charge in [-0.3, -0.25) is 0 Å². The summed E-state index contributed by atoms with van der Waals surface area (Å²) in [5.74, 6) is 0. The van der Waals surface area contributed by atoms with E-state index < -0.39 is 16.5 Å². The van der Waals surface area contributed by atoms with Gasteiger partial charge in [0.25, 0.3) is 0 Å². The standard InChI is InChI=1S/C11H24N2Si2/c1-11-10-12(14(2,3)4)8-9-13(11)15(5,6)7/h8-10H,1-7H3. The molecular formula is C11H24N2Si2. The molecule has 1 aliphatic rings. The van der Waals surface area contributed by atoms with Crippen molar-refractivity contribution in [3.8, 4) is 0 Å². The minimum atomic E-state index is -1.24. The smallest absolute Gasteiger partial charge is 0.152 e. The van der Waals surface area contributed by atoms with E-state index >= 15 is 0 Å². The zero-order chi connectivity index (χ0) is 11.9. The lowest BCUT2D eigenvalue weighted by atomic mass is 10.5. The van der Waals surface area contributed by atoms with E-state index in [2.05, 4.69) is 73.9 Å². The van der Waals surface area contributed by atoms with Crippen LogP contribution in [0.2, 0.25) is 39.3 Å². The SMILES string of the molecule is CC1=CN([Si](C)(C)C)C=CN1[Si](C)(C)C. The van der Waals surface area contributed by atoms with Crippen molar-refractivity contribution in [2.45, 2.75) is 46.2 Å². The maximum absolute atomic E-state index is 2.46. The summed E-state index contributed by atoms with van der Waals surface area (Å²) in [5, 5.41) is 0. The molecule has 2 nitrogen and oxygen atoms in total. The molecule has 0 aromatic carbocycles. The van der Waals surface area contributed by atoms with E-state index in [1.54, 1.807) is 0 Å². The molecule has 0 saturated heterocycles. The third-order valence-electron chi connectivity index (χ3n) is 2.58. The highest BCUT2D eigenvalue weighted by Gasteiger charge is 2.27. The van der Waals surface area contributed by atoms with Gasteiger partial charge >= 0.3 is 0 Å². The van der Waals surface area contributed by atoms with E-state index in [-0.39, 0.29) is 0 Å². The molecule has 0 spiro atoms. The fraction of sp³-hybridized carbons (Fsp3) is 0.636. The molecule has 0 aliphatic carbocycles. The number of hydrogen-bond acceptors (Lipinski definition) is 2. The van der Waals surface area contributed by atoms with E-state index in [0.717, 1.165) is 0 Å². The molecule has 1 heterocycles. The molecule has 0 aromatic heterocycles. The van der Waals surface area contributed by atoms with Gasteiger partial charge < -0.3 is 9.13 Å². The number of allylic oxidation sites excluding steroid dienone is 1. The summed E-state index contributed by atoms with van der Waals surface area (Å²) in [6, 6.07) is 0. The fourth-order valence-corrected chi connectivity index (χ4v) is 4.45. The van der Waals surface area contributed by atoms with Gasteiger partial charge in [0.15, 0.2) is 16.5 Å². The molecular weight excluding hydrogens is 216 g/mol. The average Bonchev–Trinajstić information content (AvgIpc) is 1.99. The van der Waals surface area contributed by atoms with Crippen molar-refractivity contribution < 1.29 is 0 Å². The molecule has 0 bridgehead atoms. The van der Waals surface area contributed by atoms with Gasteiger partial charge in [0.05, 0.1) is 0 Å². The van der Waals surface area contributed by atoms with Crippen LogP contribution in [0.15, 0.2) is 24.3 Å². The van der Waals surface area contributed by atoms with E-state index in [0.29, 0.717) is 0 Å². The second-order valence-electron chi connectivity index (χ2n) is 6.19. The molecule has 0 radical (unpaired) electrons. The molecule has 1 rings (SSSR count). The maximum Gasteiger partial charge on any atom is 0.152 e. The predicted octanol–water partition coefficient (Wildman–Crippen LogP) is 3.61. The Bertz CT molecular complexity index is 295. The minimum absolute atomic E-state index is 1.23. The first kappa shape index (κ1) is 12.6. The van der Waals surface area contributed by atoms with Crippen LogP contribution in [0.5, 0.6) is 0 Å². The van der Waals surface area contributed by atoms with Crippen molar-refractivity contribution >= 4 is 16.5 Å². The van der Waals surface area contributed by atoms with Gasteiger partial charge in [-0.15, -0.1) is 0 Å². The first-order valence-corrected chi connectivity index (χ1v) is 12.5. The summed E-state index contributed by atoms with van der Waals surface area (Å²) < 4.78 is 4.88. The molecule has 0 unspecified atom stereocenters. The first-order valence-electron chi connectivity index (χ1n) is 5.57. The number of nitrogens with zero attached hydrogens (tertiary/aromatic N) is 2. The molecule has 4 heteroatoms. The summed E-state index contributed by atoms with van der Waals surface area (Å²) in [6.07, 6.45) is 6.82. The van der Waals surface area contributed by atoms with Crippen LogP contribution in [-0.2, 0) is 0 Å². The van der Waals surface area contributed by atoms with Gasteiger partial charge in [0, 0.05) is 24.3 Å². The molecule has 0 amide bonds. The zero-order valence-corrected chi connectivity index (χ0v) is 13.1. The zero-order valence-electron chi connectivity index (χ0n) is 11.1. The predicted molar refractivity (Wildman–Crippen MR) is 73.3 cm³/mol. The Labute approximate surface area is 96.4 Å². The molecule has 1 aliphatic heterocycles. The van der Waals surface area contributed by atoms with Gasteiger partial charge in [-0.2, -0.15) is 0 Å². The van der Waals surface area contributed by atoms with Crippen LogP contribution >= 0.6 is 0 Å². The van der Waals surface area contributed by atoms with Crippen molar-refractivity contribution in [1.29, 1.82) is 0 Å². The Morgan fingerprint density at radius 1 is 0.867 bits per heavy atom. The largest absolute Gasteiger partial charge is 0.379 e. The maximum atomic E-state index is 2.46. The van der Waals surface area contributed by atoms with Crippen LogP contribution in [0.1, 0.15) is 6.92 Å². The van der Waals surface area contributed by atoms with Gasteiger partial charge in [-0.25, -0.2) is 0 Å². The van der Waals surface area contributed by atoms with Crippen LogP contribution in [0.3, 0.4) is 0 Å². The normalized spacial score (nSPS) is 18.2. The van der Waals surface area contributed by atoms with Crippen molar-refractivity contribution in [3.05, 3.63) is 24.3 Å². The quantitative estimate of drug-likeness (QED) is 0.681. The van der Waals surface area contributed by atoms with E-state index in [4.69, 9.17) is 0 Å². The highest BCUT2D eigenvalue weighted by molar-refractivity contribution is 6.74. The van der Waals surface area contributed by atoms with Crippen molar-refractivity contribution in [1.82, 2.24) is 9.13 Å². The molecule has 86 valence electrons. The topological polar surface area (TPSA) is 6.48 Å². The third kappa shape index (κ3) is 2.98. The summed E-state index contributed by atoms with van der Waals surface area (Å²) in [5.41, 5.74) is 1.39. The Hall–Kier alpha value is -0.486. The monoisotopic (exact) mass is 240 g/mol. The van der Waals surface area contributed by atoms with Crippen molar-refractivity contribution in [3.63, 3.8) is 0 Å². The van der Waals surface area contributed by atoms with E-state index in [9.17, 15) is 0 Å². The first-order chi connectivity index (χ1) is 6.62. The lowest BCUT2D eigenvalue weighted by Crippen LogP contribution is -2.46. The Morgan fingerprint density at radius 3 is 1.73 bits per heavy atom.